The highest BCUT2D eigenvalue weighted by atomic mass is 16.8. The lowest BCUT2D eigenvalue weighted by Gasteiger charge is -2.24. The van der Waals surface area contributed by atoms with Gasteiger partial charge in [0.05, 0.1) is 16.8 Å². The van der Waals surface area contributed by atoms with Crippen molar-refractivity contribution in [3.63, 3.8) is 0 Å². The number of hydrogen-bond donors (Lipinski definition) is 3. The van der Waals surface area contributed by atoms with Gasteiger partial charge in [0.15, 0.2) is 5.79 Å². The summed E-state index contributed by atoms with van der Waals surface area (Å²) in [4.78, 5) is 18.3. The Bertz CT molecular complexity index is 973. The highest BCUT2D eigenvalue weighted by molar-refractivity contribution is 6.02. The van der Waals surface area contributed by atoms with Gasteiger partial charge >= 0.3 is 0 Å². The van der Waals surface area contributed by atoms with E-state index in [-0.39, 0.29) is 18.2 Å². The largest absolute Gasteiger partial charge is 0.400 e. The van der Waals surface area contributed by atoms with E-state index in [1.54, 1.807) is 6.20 Å². The first-order valence-corrected chi connectivity index (χ1v) is 9.10. The molecule has 0 aromatic carbocycles. The van der Waals surface area contributed by atoms with E-state index in [2.05, 4.69) is 24.8 Å². The molecule has 3 aromatic heterocycles. The van der Waals surface area contributed by atoms with Crippen molar-refractivity contribution in [2.45, 2.75) is 31.8 Å². The Morgan fingerprint density at radius 2 is 1.82 bits per heavy atom. The molecule has 5 heterocycles. The molecule has 2 fully saturated rings. The van der Waals surface area contributed by atoms with Gasteiger partial charge in [-0.15, -0.1) is 0 Å². The van der Waals surface area contributed by atoms with E-state index in [1.165, 1.54) is 0 Å². The van der Waals surface area contributed by atoms with Crippen LogP contribution in [0.2, 0.25) is 0 Å². The first kappa shape index (κ1) is 18.6. The first-order valence-electron chi connectivity index (χ1n) is 9.10. The molecule has 2 aliphatic heterocycles. The molecule has 0 radical (unpaired) electrons. The van der Waals surface area contributed by atoms with Crippen LogP contribution in [0.5, 0.6) is 0 Å². The number of nitrogens with one attached hydrogen (secondary N) is 1. The molecule has 0 amide bonds. The number of aromatic nitrogens is 4. The fraction of sp³-hybridized carbons (Fsp3) is 0.421. The van der Waals surface area contributed by atoms with Crippen LogP contribution in [0.15, 0.2) is 30.7 Å². The maximum atomic E-state index is 7.00. The van der Waals surface area contributed by atoms with Crippen molar-refractivity contribution in [1.82, 2.24) is 19.9 Å². The number of pyridine rings is 1. The smallest absolute Gasteiger partial charge is 0.220 e. The molecule has 0 bridgehead atoms. The Balaban J connectivity index is 0.000000932. The predicted molar refractivity (Wildman–Crippen MR) is 106 cm³/mol. The Kier molecular flexibility index (Phi) is 4.66. The summed E-state index contributed by atoms with van der Waals surface area (Å²) in [6.07, 6.45) is 5.54. The van der Waals surface area contributed by atoms with E-state index in [0.29, 0.717) is 0 Å². The fourth-order valence-electron chi connectivity index (χ4n) is 3.95. The molecule has 9 nitrogen and oxygen atoms in total. The lowest BCUT2D eigenvalue weighted by Crippen LogP contribution is -2.30. The average Bonchev–Trinajstić information content (AvgIpc) is 3.33. The molecule has 4 N–H and O–H groups in total. The van der Waals surface area contributed by atoms with Crippen molar-refractivity contribution in [3.8, 4) is 11.3 Å². The highest BCUT2D eigenvalue weighted by Crippen LogP contribution is 2.39. The average molecular weight is 384 g/mol. The molecule has 9 heteroatoms. The number of aliphatic hydroxyl groups excluding tert-OH is 1. The Morgan fingerprint density at radius 1 is 1.14 bits per heavy atom. The number of fused-ring (bicyclic) bond motifs is 2. The van der Waals surface area contributed by atoms with Gasteiger partial charge in [-0.3, -0.25) is 0 Å². The van der Waals surface area contributed by atoms with E-state index >= 15 is 0 Å². The Morgan fingerprint density at radius 3 is 2.50 bits per heavy atom. The van der Waals surface area contributed by atoms with E-state index in [9.17, 15) is 0 Å². The summed E-state index contributed by atoms with van der Waals surface area (Å²) in [6, 6.07) is 3.87. The van der Waals surface area contributed by atoms with Crippen LogP contribution in [-0.2, 0) is 9.47 Å². The summed E-state index contributed by atoms with van der Waals surface area (Å²) in [5.74, 6) is -0.255. The fourth-order valence-corrected chi connectivity index (χ4v) is 3.95. The monoisotopic (exact) mass is 384 g/mol. The summed E-state index contributed by atoms with van der Waals surface area (Å²) in [5.41, 5.74) is 9.39. The van der Waals surface area contributed by atoms with Crippen LogP contribution in [-0.4, -0.2) is 63.2 Å². The van der Waals surface area contributed by atoms with Crippen molar-refractivity contribution >= 4 is 22.7 Å². The molecule has 3 aromatic rings. The number of anilines is 2. The topological polar surface area (TPSA) is 122 Å². The van der Waals surface area contributed by atoms with Gasteiger partial charge in [-0.2, -0.15) is 0 Å². The van der Waals surface area contributed by atoms with Gasteiger partial charge in [0.25, 0.3) is 0 Å². The molecular weight excluding hydrogens is 360 g/mol. The van der Waals surface area contributed by atoms with Crippen molar-refractivity contribution in [1.29, 1.82) is 0 Å². The number of aliphatic hydroxyl groups is 1. The van der Waals surface area contributed by atoms with E-state index in [0.717, 1.165) is 48.2 Å². The third-order valence-corrected chi connectivity index (χ3v) is 4.93. The minimum atomic E-state index is -0.507. The quantitative estimate of drug-likeness (QED) is 0.608. The number of nitrogens with two attached hydrogens (primary N) is 1. The summed E-state index contributed by atoms with van der Waals surface area (Å²) >= 11 is 0. The number of rotatable bonds is 2. The standard InChI is InChI=1S/C18H20N6O2.CH4O/c1-18(2)25-13-8-24(9-14(13)26-18)12-4-6-20-16-15(12)10(7-22-16)11-3-5-21-17(19)23-11;1-2/h3-7,13-14H,8-9H2,1-2H3,(H,20,22)(H2,19,21,23);2H,1H3. The molecule has 0 saturated carbocycles. The molecule has 5 rings (SSSR count). The molecule has 2 aliphatic rings. The van der Waals surface area contributed by atoms with Gasteiger partial charge < -0.3 is 30.2 Å². The number of hydrogen-bond acceptors (Lipinski definition) is 8. The molecule has 2 saturated heterocycles. The Labute approximate surface area is 162 Å². The Hall–Kier alpha value is -2.75. The van der Waals surface area contributed by atoms with Crippen LogP contribution in [0.4, 0.5) is 11.6 Å². The lowest BCUT2D eigenvalue weighted by molar-refractivity contribution is -0.147. The van der Waals surface area contributed by atoms with Gasteiger partial charge in [0.2, 0.25) is 5.95 Å². The number of aromatic amines is 1. The minimum Gasteiger partial charge on any atom is -0.400 e. The van der Waals surface area contributed by atoms with Crippen molar-refractivity contribution in [2.24, 2.45) is 0 Å². The predicted octanol–water partition coefficient (Wildman–Crippen LogP) is 1.55. The second-order valence-corrected chi connectivity index (χ2v) is 7.17. The maximum absolute atomic E-state index is 7.00. The molecule has 2 unspecified atom stereocenters. The summed E-state index contributed by atoms with van der Waals surface area (Å²) < 4.78 is 12.0. The van der Waals surface area contributed by atoms with Crippen molar-refractivity contribution < 1.29 is 14.6 Å². The van der Waals surface area contributed by atoms with Gasteiger partial charge in [-0.05, 0) is 26.0 Å². The maximum Gasteiger partial charge on any atom is 0.220 e. The first-order chi connectivity index (χ1) is 13.5. The third-order valence-electron chi connectivity index (χ3n) is 4.93. The second kappa shape index (κ2) is 7.01. The van der Waals surface area contributed by atoms with Crippen LogP contribution in [0.25, 0.3) is 22.3 Å². The number of nitrogens with zero attached hydrogens (tertiary/aromatic N) is 4. The zero-order valence-corrected chi connectivity index (χ0v) is 16.1. The zero-order chi connectivity index (χ0) is 19.9. The summed E-state index contributed by atoms with van der Waals surface area (Å²) in [6.45, 7) is 5.49. The number of H-pyrrole nitrogens is 1. The minimum absolute atomic E-state index is 0.0744. The third kappa shape index (κ3) is 3.17. The molecule has 0 spiro atoms. The van der Waals surface area contributed by atoms with Crippen LogP contribution >= 0.6 is 0 Å². The van der Waals surface area contributed by atoms with Crippen LogP contribution in [0.1, 0.15) is 13.8 Å². The zero-order valence-electron chi connectivity index (χ0n) is 16.1. The second-order valence-electron chi connectivity index (χ2n) is 7.17. The van der Waals surface area contributed by atoms with E-state index < -0.39 is 5.79 Å². The number of ether oxygens (including phenoxy) is 2. The van der Waals surface area contributed by atoms with E-state index in [4.69, 9.17) is 20.3 Å². The lowest BCUT2D eigenvalue weighted by atomic mass is 10.1. The van der Waals surface area contributed by atoms with Crippen molar-refractivity contribution in [2.75, 3.05) is 30.8 Å². The summed E-state index contributed by atoms with van der Waals surface area (Å²) in [7, 11) is 1.00. The molecule has 28 heavy (non-hydrogen) atoms. The highest BCUT2D eigenvalue weighted by Gasteiger charge is 2.47. The molecule has 148 valence electrons. The van der Waals surface area contributed by atoms with E-state index in [1.807, 2.05) is 38.4 Å². The normalized spacial score (nSPS) is 22.8. The SMILES string of the molecule is CC1(C)OC2CN(c3ccnc4[nH]cc(-c5ccnc(N)n5)c34)CC2O1.CO. The van der Waals surface area contributed by atoms with Crippen LogP contribution in [0, 0.1) is 0 Å². The van der Waals surface area contributed by atoms with Crippen molar-refractivity contribution in [3.05, 3.63) is 30.7 Å². The van der Waals surface area contributed by atoms with Gasteiger partial charge in [-0.25, -0.2) is 15.0 Å². The van der Waals surface area contributed by atoms with Gasteiger partial charge in [0, 0.05) is 44.4 Å². The molecule has 2 atom stereocenters. The molecular formula is C19H24N6O3. The van der Waals surface area contributed by atoms with Crippen LogP contribution < -0.4 is 10.6 Å². The van der Waals surface area contributed by atoms with Gasteiger partial charge in [-0.1, -0.05) is 0 Å². The van der Waals surface area contributed by atoms with Crippen LogP contribution in [0.3, 0.4) is 0 Å². The van der Waals surface area contributed by atoms with Gasteiger partial charge in [0.1, 0.15) is 17.9 Å². The molecule has 0 aliphatic carbocycles. The summed E-state index contributed by atoms with van der Waals surface area (Å²) in [5, 5.41) is 8.02. The number of nitrogen functional groups attached to an aromatic ring is 1.